The Hall–Kier alpha value is -1.34. The molecule has 1 atom stereocenters. The third-order valence-electron chi connectivity index (χ3n) is 3.76. The van der Waals surface area contributed by atoms with Gasteiger partial charge >= 0.3 is 0 Å². The highest BCUT2D eigenvalue weighted by atomic mass is 32.2. The Morgan fingerprint density at radius 3 is 2.65 bits per heavy atom. The molecule has 0 saturated heterocycles. The summed E-state index contributed by atoms with van der Waals surface area (Å²) < 4.78 is 24.0. The second-order valence-corrected chi connectivity index (χ2v) is 6.99. The molecule has 0 radical (unpaired) electrons. The number of benzene rings is 1. The Morgan fingerprint density at radius 1 is 1.24 bits per heavy atom. The van der Waals surface area contributed by atoms with Crippen LogP contribution in [0.1, 0.15) is 36.3 Å². The molecule has 88 valence electrons. The zero-order valence-electron chi connectivity index (χ0n) is 9.39. The van der Waals surface area contributed by atoms with Crippen LogP contribution in [-0.4, -0.2) is 14.2 Å². The van der Waals surface area contributed by atoms with Gasteiger partial charge in [0.1, 0.15) is 0 Å². The standard InChI is InChI=1S/C13H13NO2S/c14-8-9-1-4-13-12(7-9)11(10-2-3-10)5-6-17(13,15)16/h1,4,7,10-11H,2-3,5-6H2. The Labute approximate surface area is 101 Å². The molecule has 0 amide bonds. The monoisotopic (exact) mass is 247 g/mol. The molecule has 3 rings (SSSR count). The van der Waals surface area contributed by atoms with Gasteiger partial charge in [-0.25, -0.2) is 8.42 Å². The Morgan fingerprint density at radius 2 is 2.00 bits per heavy atom. The minimum atomic E-state index is -3.12. The van der Waals surface area contributed by atoms with Crippen LogP contribution in [0.4, 0.5) is 0 Å². The first kappa shape index (κ1) is 10.8. The molecule has 1 aliphatic heterocycles. The van der Waals surface area contributed by atoms with Crippen LogP contribution in [0.3, 0.4) is 0 Å². The number of nitriles is 1. The van der Waals surface area contributed by atoms with E-state index in [9.17, 15) is 8.42 Å². The number of nitrogens with zero attached hydrogens (tertiary/aromatic N) is 1. The summed E-state index contributed by atoms with van der Waals surface area (Å²) in [6.45, 7) is 0. The molecule has 1 fully saturated rings. The third kappa shape index (κ3) is 1.75. The first-order valence-electron chi connectivity index (χ1n) is 5.88. The number of hydrogen-bond acceptors (Lipinski definition) is 3. The van der Waals surface area contributed by atoms with E-state index in [0.29, 0.717) is 22.3 Å². The Bertz CT molecular complexity index is 609. The molecular weight excluding hydrogens is 234 g/mol. The summed E-state index contributed by atoms with van der Waals surface area (Å²) in [5, 5.41) is 8.91. The van der Waals surface area contributed by atoms with Crippen molar-refractivity contribution in [3.8, 4) is 6.07 Å². The summed E-state index contributed by atoms with van der Waals surface area (Å²) in [6.07, 6.45) is 3.11. The molecule has 2 aliphatic rings. The number of fused-ring (bicyclic) bond motifs is 1. The lowest BCUT2D eigenvalue weighted by molar-refractivity contribution is 0.534. The second-order valence-electron chi connectivity index (χ2n) is 4.92. The van der Waals surface area contributed by atoms with Crippen molar-refractivity contribution in [2.75, 3.05) is 5.75 Å². The predicted molar refractivity (Wildman–Crippen MR) is 63.3 cm³/mol. The highest BCUT2D eigenvalue weighted by Gasteiger charge is 2.39. The molecule has 1 saturated carbocycles. The molecule has 17 heavy (non-hydrogen) atoms. The first-order valence-corrected chi connectivity index (χ1v) is 7.54. The normalized spacial score (nSPS) is 25.9. The maximum absolute atomic E-state index is 12.0. The van der Waals surface area contributed by atoms with Crippen molar-refractivity contribution < 1.29 is 8.42 Å². The minimum Gasteiger partial charge on any atom is -0.224 e. The Kier molecular flexibility index (Phi) is 2.27. The molecule has 0 bridgehead atoms. The van der Waals surface area contributed by atoms with E-state index in [1.165, 1.54) is 12.8 Å². The van der Waals surface area contributed by atoms with Crippen molar-refractivity contribution >= 4 is 9.84 Å². The van der Waals surface area contributed by atoms with Crippen molar-refractivity contribution in [3.63, 3.8) is 0 Å². The van der Waals surface area contributed by atoms with Crippen molar-refractivity contribution in [2.24, 2.45) is 5.92 Å². The maximum atomic E-state index is 12.0. The third-order valence-corrected chi connectivity index (χ3v) is 5.58. The van der Waals surface area contributed by atoms with Crippen LogP contribution in [-0.2, 0) is 9.84 Å². The van der Waals surface area contributed by atoms with Crippen molar-refractivity contribution in [1.29, 1.82) is 5.26 Å². The molecule has 3 nitrogen and oxygen atoms in total. The molecule has 1 aromatic carbocycles. The molecule has 1 aromatic rings. The van der Waals surface area contributed by atoms with Gasteiger partial charge in [0.15, 0.2) is 9.84 Å². The molecule has 1 aliphatic carbocycles. The number of rotatable bonds is 1. The first-order chi connectivity index (χ1) is 8.12. The van der Waals surface area contributed by atoms with Crippen LogP contribution in [0.25, 0.3) is 0 Å². The average molecular weight is 247 g/mol. The molecule has 4 heteroatoms. The quantitative estimate of drug-likeness (QED) is 0.764. The number of hydrogen-bond donors (Lipinski definition) is 0. The van der Waals surface area contributed by atoms with Crippen molar-refractivity contribution in [2.45, 2.75) is 30.1 Å². The topological polar surface area (TPSA) is 57.9 Å². The highest BCUT2D eigenvalue weighted by Crippen LogP contribution is 2.48. The van der Waals surface area contributed by atoms with Crippen LogP contribution >= 0.6 is 0 Å². The summed E-state index contributed by atoms with van der Waals surface area (Å²) >= 11 is 0. The summed E-state index contributed by atoms with van der Waals surface area (Å²) in [5.74, 6) is 1.24. The summed E-state index contributed by atoms with van der Waals surface area (Å²) in [5.41, 5.74) is 1.45. The molecule has 0 spiro atoms. The van der Waals surface area contributed by atoms with Crippen molar-refractivity contribution in [1.82, 2.24) is 0 Å². The van der Waals surface area contributed by atoms with E-state index in [4.69, 9.17) is 5.26 Å². The van der Waals surface area contributed by atoms with Crippen LogP contribution in [0.5, 0.6) is 0 Å². The fraction of sp³-hybridized carbons (Fsp3) is 0.462. The highest BCUT2D eigenvalue weighted by molar-refractivity contribution is 7.91. The number of sulfone groups is 1. The van der Waals surface area contributed by atoms with Crippen LogP contribution in [0.15, 0.2) is 23.1 Å². The maximum Gasteiger partial charge on any atom is 0.178 e. The lowest BCUT2D eigenvalue weighted by Crippen LogP contribution is -2.21. The average Bonchev–Trinajstić information content (AvgIpc) is 3.12. The second kappa shape index (κ2) is 3.58. The lowest BCUT2D eigenvalue weighted by Gasteiger charge is -2.25. The van der Waals surface area contributed by atoms with E-state index in [1.807, 2.05) is 0 Å². The summed E-state index contributed by atoms with van der Waals surface area (Å²) in [7, 11) is -3.12. The molecule has 1 unspecified atom stereocenters. The van der Waals surface area contributed by atoms with Gasteiger partial charge in [0, 0.05) is 0 Å². The van der Waals surface area contributed by atoms with E-state index >= 15 is 0 Å². The van der Waals surface area contributed by atoms with Gasteiger partial charge in [-0.1, -0.05) is 0 Å². The van der Waals surface area contributed by atoms with Gasteiger partial charge in [-0.05, 0) is 54.9 Å². The van der Waals surface area contributed by atoms with Gasteiger partial charge in [-0.2, -0.15) is 5.26 Å². The Balaban J connectivity index is 2.18. The fourth-order valence-electron chi connectivity index (χ4n) is 2.73. The minimum absolute atomic E-state index is 0.257. The molecule has 1 heterocycles. The van der Waals surface area contributed by atoms with E-state index in [1.54, 1.807) is 18.2 Å². The van der Waals surface area contributed by atoms with Gasteiger partial charge in [0.05, 0.1) is 22.3 Å². The van der Waals surface area contributed by atoms with E-state index in [-0.39, 0.29) is 5.75 Å². The van der Waals surface area contributed by atoms with Crippen molar-refractivity contribution in [3.05, 3.63) is 29.3 Å². The zero-order valence-corrected chi connectivity index (χ0v) is 10.2. The van der Waals surface area contributed by atoms with Gasteiger partial charge in [-0.15, -0.1) is 0 Å². The largest absolute Gasteiger partial charge is 0.224 e. The van der Waals surface area contributed by atoms with Gasteiger partial charge in [0.25, 0.3) is 0 Å². The predicted octanol–water partition coefficient (Wildman–Crippen LogP) is 2.23. The lowest BCUT2D eigenvalue weighted by atomic mass is 9.90. The molecule has 0 N–H and O–H groups in total. The molecule has 0 aromatic heterocycles. The van der Waals surface area contributed by atoms with Crippen LogP contribution < -0.4 is 0 Å². The fourth-order valence-corrected chi connectivity index (χ4v) is 4.36. The van der Waals surface area contributed by atoms with Gasteiger partial charge in [0.2, 0.25) is 0 Å². The molecular formula is C13H13NO2S. The smallest absolute Gasteiger partial charge is 0.178 e. The van der Waals surface area contributed by atoms with E-state index in [0.717, 1.165) is 12.0 Å². The van der Waals surface area contributed by atoms with Gasteiger partial charge < -0.3 is 0 Å². The van der Waals surface area contributed by atoms with Crippen LogP contribution in [0.2, 0.25) is 0 Å². The van der Waals surface area contributed by atoms with Crippen LogP contribution in [0, 0.1) is 17.2 Å². The van der Waals surface area contributed by atoms with E-state index < -0.39 is 9.84 Å². The van der Waals surface area contributed by atoms with E-state index in [2.05, 4.69) is 6.07 Å². The SMILES string of the molecule is N#Cc1ccc2c(c1)C(C1CC1)CCS2(=O)=O. The summed E-state index contributed by atoms with van der Waals surface area (Å²) in [6, 6.07) is 7.07. The zero-order chi connectivity index (χ0) is 12.0. The van der Waals surface area contributed by atoms with Gasteiger partial charge in [-0.3, -0.25) is 0 Å². The summed E-state index contributed by atoms with van der Waals surface area (Å²) in [4.78, 5) is 0.458.